The standard InChI is InChI=1S/C9H13N3/c1-3-8(4-2)10-7-9-5-6-11-12-9/h1,5-6,8,10H,4,7H2,2H3,(H,11,12). The second kappa shape index (κ2) is 4.58. The maximum absolute atomic E-state index is 5.28. The molecule has 1 heterocycles. The molecular weight excluding hydrogens is 150 g/mol. The fourth-order valence-electron chi connectivity index (χ4n) is 0.937. The van der Waals surface area contributed by atoms with Crippen LogP contribution in [-0.4, -0.2) is 16.2 Å². The lowest BCUT2D eigenvalue weighted by atomic mass is 10.2. The third kappa shape index (κ3) is 2.40. The van der Waals surface area contributed by atoms with Crippen LogP contribution in [0, 0.1) is 12.3 Å². The molecule has 12 heavy (non-hydrogen) atoms. The van der Waals surface area contributed by atoms with E-state index in [1.807, 2.05) is 6.07 Å². The van der Waals surface area contributed by atoms with E-state index >= 15 is 0 Å². The van der Waals surface area contributed by atoms with E-state index in [-0.39, 0.29) is 6.04 Å². The number of rotatable bonds is 4. The van der Waals surface area contributed by atoms with Gasteiger partial charge in [-0.15, -0.1) is 6.42 Å². The third-order valence-electron chi connectivity index (χ3n) is 1.71. The molecule has 0 aromatic carbocycles. The van der Waals surface area contributed by atoms with E-state index in [1.165, 1.54) is 0 Å². The van der Waals surface area contributed by atoms with Crippen molar-refractivity contribution in [2.24, 2.45) is 0 Å². The van der Waals surface area contributed by atoms with Crippen LogP contribution < -0.4 is 5.32 Å². The van der Waals surface area contributed by atoms with Gasteiger partial charge in [0.05, 0.1) is 6.04 Å². The number of hydrogen-bond donors (Lipinski definition) is 2. The number of hydrogen-bond acceptors (Lipinski definition) is 2. The first-order valence-electron chi connectivity index (χ1n) is 4.04. The molecule has 0 bridgehead atoms. The summed E-state index contributed by atoms with van der Waals surface area (Å²) in [5.74, 6) is 2.67. The van der Waals surface area contributed by atoms with Crippen LogP contribution in [0.4, 0.5) is 0 Å². The van der Waals surface area contributed by atoms with Crippen LogP contribution in [0.1, 0.15) is 19.0 Å². The number of terminal acetylenes is 1. The molecule has 1 aromatic rings. The largest absolute Gasteiger partial charge is 0.298 e. The Bertz CT molecular complexity index is 245. The Morgan fingerprint density at radius 3 is 3.17 bits per heavy atom. The van der Waals surface area contributed by atoms with Crippen molar-refractivity contribution < 1.29 is 0 Å². The Kier molecular flexibility index (Phi) is 3.36. The molecule has 0 saturated heterocycles. The van der Waals surface area contributed by atoms with Gasteiger partial charge in [0.15, 0.2) is 0 Å². The van der Waals surface area contributed by atoms with E-state index in [2.05, 4.69) is 28.4 Å². The average molecular weight is 163 g/mol. The van der Waals surface area contributed by atoms with Gasteiger partial charge < -0.3 is 0 Å². The monoisotopic (exact) mass is 163 g/mol. The van der Waals surface area contributed by atoms with E-state index in [0.29, 0.717) is 0 Å². The van der Waals surface area contributed by atoms with Crippen molar-refractivity contribution in [2.75, 3.05) is 0 Å². The Morgan fingerprint density at radius 2 is 2.67 bits per heavy atom. The summed E-state index contributed by atoms with van der Waals surface area (Å²) in [6, 6.07) is 2.09. The fraction of sp³-hybridized carbons (Fsp3) is 0.444. The van der Waals surface area contributed by atoms with E-state index in [0.717, 1.165) is 18.7 Å². The molecule has 1 unspecified atom stereocenters. The minimum Gasteiger partial charge on any atom is -0.298 e. The van der Waals surface area contributed by atoms with E-state index < -0.39 is 0 Å². The average Bonchev–Trinajstić information content (AvgIpc) is 2.59. The molecule has 1 atom stereocenters. The molecule has 1 rings (SSSR count). The normalized spacial score (nSPS) is 12.3. The smallest absolute Gasteiger partial charge is 0.0687 e. The zero-order valence-corrected chi connectivity index (χ0v) is 7.17. The number of H-pyrrole nitrogens is 1. The molecule has 1 aromatic heterocycles. The molecule has 0 spiro atoms. The highest BCUT2D eigenvalue weighted by Crippen LogP contribution is 1.93. The summed E-state index contributed by atoms with van der Waals surface area (Å²) in [5, 5.41) is 9.91. The predicted molar refractivity (Wildman–Crippen MR) is 48.3 cm³/mol. The van der Waals surface area contributed by atoms with Crippen LogP contribution >= 0.6 is 0 Å². The van der Waals surface area contributed by atoms with Crippen LogP contribution in [0.5, 0.6) is 0 Å². The number of aromatic nitrogens is 2. The predicted octanol–water partition coefficient (Wildman–Crippen LogP) is 0.911. The Balaban J connectivity index is 2.31. The van der Waals surface area contributed by atoms with Gasteiger partial charge in [-0.2, -0.15) is 5.10 Å². The van der Waals surface area contributed by atoms with Crippen LogP contribution in [-0.2, 0) is 6.54 Å². The highest BCUT2D eigenvalue weighted by atomic mass is 15.1. The minimum atomic E-state index is 0.160. The first-order valence-corrected chi connectivity index (χ1v) is 4.04. The SMILES string of the molecule is C#CC(CC)NCc1ccn[nH]1. The molecule has 0 radical (unpaired) electrons. The fourth-order valence-corrected chi connectivity index (χ4v) is 0.937. The lowest BCUT2D eigenvalue weighted by molar-refractivity contribution is 0.585. The highest BCUT2D eigenvalue weighted by molar-refractivity contribution is 5.02. The number of aromatic amines is 1. The molecule has 0 saturated carbocycles. The molecule has 0 aliphatic heterocycles. The molecule has 0 amide bonds. The van der Waals surface area contributed by atoms with Crippen LogP contribution in [0.15, 0.2) is 12.3 Å². The van der Waals surface area contributed by atoms with Gasteiger partial charge in [0, 0.05) is 18.4 Å². The summed E-state index contributed by atoms with van der Waals surface area (Å²) < 4.78 is 0. The van der Waals surface area contributed by atoms with Crippen molar-refractivity contribution in [1.82, 2.24) is 15.5 Å². The quantitative estimate of drug-likeness (QED) is 0.648. The third-order valence-corrected chi connectivity index (χ3v) is 1.71. The van der Waals surface area contributed by atoms with E-state index in [1.54, 1.807) is 6.20 Å². The van der Waals surface area contributed by atoms with Gasteiger partial charge in [-0.3, -0.25) is 10.4 Å². The summed E-state index contributed by atoms with van der Waals surface area (Å²) in [6.07, 6.45) is 7.96. The number of nitrogens with one attached hydrogen (secondary N) is 2. The molecule has 2 N–H and O–H groups in total. The van der Waals surface area contributed by atoms with Crippen molar-refractivity contribution in [3.8, 4) is 12.3 Å². The lowest BCUT2D eigenvalue weighted by Gasteiger charge is -2.08. The summed E-state index contributed by atoms with van der Waals surface area (Å²) >= 11 is 0. The van der Waals surface area contributed by atoms with Gasteiger partial charge in [-0.25, -0.2) is 0 Å². The molecule has 3 nitrogen and oxygen atoms in total. The summed E-state index contributed by atoms with van der Waals surface area (Å²) in [4.78, 5) is 0. The summed E-state index contributed by atoms with van der Waals surface area (Å²) in [5.41, 5.74) is 1.06. The molecular formula is C9H13N3. The summed E-state index contributed by atoms with van der Waals surface area (Å²) in [6.45, 7) is 2.81. The van der Waals surface area contributed by atoms with Crippen molar-refractivity contribution in [3.63, 3.8) is 0 Å². The maximum atomic E-state index is 5.28. The van der Waals surface area contributed by atoms with Crippen LogP contribution in [0.3, 0.4) is 0 Å². The van der Waals surface area contributed by atoms with Gasteiger partial charge in [0.25, 0.3) is 0 Å². The lowest BCUT2D eigenvalue weighted by Crippen LogP contribution is -2.26. The minimum absolute atomic E-state index is 0.160. The zero-order valence-electron chi connectivity index (χ0n) is 7.17. The topological polar surface area (TPSA) is 40.7 Å². The van der Waals surface area contributed by atoms with Crippen LogP contribution in [0.25, 0.3) is 0 Å². The van der Waals surface area contributed by atoms with Crippen molar-refractivity contribution in [3.05, 3.63) is 18.0 Å². The van der Waals surface area contributed by atoms with Crippen molar-refractivity contribution in [1.29, 1.82) is 0 Å². The van der Waals surface area contributed by atoms with Crippen molar-refractivity contribution in [2.45, 2.75) is 25.9 Å². The maximum Gasteiger partial charge on any atom is 0.0687 e. The van der Waals surface area contributed by atoms with Gasteiger partial charge in [-0.1, -0.05) is 12.8 Å². The van der Waals surface area contributed by atoms with Gasteiger partial charge >= 0.3 is 0 Å². The van der Waals surface area contributed by atoms with E-state index in [9.17, 15) is 0 Å². The van der Waals surface area contributed by atoms with Crippen LogP contribution in [0.2, 0.25) is 0 Å². The Hall–Kier alpha value is -1.27. The Labute approximate surface area is 72.6 Å². The molecule has 3 heteroatoms. The molecule has 0 aliphatic carbocycles. The molecule has 0 fully saturated rings. The first kappa shape index (κ1) is 8.82. The zero-order chi connectivity index (χ0) is 8.81. The van der Waals surface area contributed by atoms with Gasteiger partial charge in [0.2, 0.25) is 0 Å². The van der Waals surface area contributed by atoms with Gasteiger partial charge in [0.1, 0.15) is 0 Å². The highest BCUT2D eigenvalue weighted by Gasteiger charge is 2.00. The van der Waals surface area contributed by atoms with Crippen molar-refractivity contribution >= 4 is 0 Å². The van der Waals surface area contributed by atoms with Gasteiger partial charge in [-0.05, 0) is 12.5 Å². The first-order chi connectivity index (χ1) is 5.86. The Morgan fingerprint density at radius 1 is 1.83 bits per heavy atom. The number of nitrogens with zero attached hydrogens (tertiary/aromatic N) is 1. The summed E-state index contributed by atoms with van der Waals surface area (Å²) in [7, 11) is 0. The second-order valence-electron chi connectivity index (χ2n) is 2.59. The van der Waals surface area contributed by atoms with E-state index in [4.69, 9.17) is 6.42 Å². The molecule has 64 valence electrons. The second-order valence-corrected chi connectivity index (χ2v) is 2.59. The molecule has 0 aliphatic rings.